The van der Waals surface area contributed by atoms with Gasteiger partial charge < -0.3 is 9.67 Å². The first-order valence-corrected chi connectivity index (χ1v) is 9.68. The lowest BCUT2D eigenvalue weighted by Gasteiger charge is -2.44. The number of likely N-dealkylation sites (tertiary alicyclic amines) is 1. The maximum atomic E-state index is 13.1. The van der Waals surface area contributed by atoms with Crippen molar-refractivity contribution in [3.8, 4) is 0 Å². The minimum Gasteiger partial charge on any atom is -0.478 e. The first-order chi connectivity index (χ1) is 12.5. The number of rotatable bonds is 4. The Morgan fingerprint density at radius 2 is 1.85 bits per heavy atom. The average molecular weight is 358 g/mol. The van der Waals surface area contributed by atoms with E-state index >= 15 is 0 Å². The third kappa shape index (κ3) is 2.82. The van der Waals surface area contributed by atoms with Crippen LogP contribution in [0.25, 0.3) is 10.9 Å². The highest BCUT2D eigenvalue weighted by molar-refractivity contribution is 6.05. The Morgan fingerprint density at radius 1 is 1.19 bits per heavy atom. The van der Waals surface area contributed by atoms with Crippen molar-refractivity contribution < 1.29 is 14.3 Å². The summed E-state index contributed by atoms with van der Waals surface area (Å²) in [6, 6.07) is 8.60. The van der Waals surface area contributed by atoms with Gasteiger partial charge in [-0.15, -0.1) is 0 Å². The number of hydrogen-bond acceptors (Lipinski definition) is 2. The first-order valence-electron chi connectivity index (χ1n) is 9.68. The number of alkyl halides is 1. The van der Waals surface area contributed by atoms with E-state index in [1.165, 1.54) is 0 Å². The van der Waals surface area contributed by atoms with Gasteiger partial charge in [0.2, 0.25) is 0 Å². The third-order valence-corrected chi connectivity index (χ3v) is 6.58. The molecule has 4 nitrogen and oxygen atoms in total. The number of aromatic carboxylic acids is 1. The number of hydrogen-bond donors (Lipinski definition) is 1. The number of carboxylic acid groups (broad SMARTS) is 1. The van der Waals surface area contributed by atoms with Crippen molar-refractivity contribution in [1.82, 2.24) is 9.47 Å². The van der Waals surface area contributed by atoms with Crippen LogP contribution in [0.1, 0.15) is 54.7 Å². The molecule has 1 unspecified atom stereocenters. The van der Waals surface area contributed by atoms with Crippen LogP contribution in [-0.4, -0.2) is 45.8 Å². The lowest BCUT2D eigenvalue weighted by molar-refractivity contribution is 0.00542. The molecule has 5 heteroatoms. The Labute approximate surface area is 153 Å². The molecule has 1 atom stereocenters. The maximum absolute atomic E-state index is 13.1. The van der Waals surface area contributed by atoms with E-state index in [2.05, 4.69) is 16.4 Å². The summed E-state index contributed by atoms with van der Waals surface area (Å²) in [5, 5.41) is 10.5. The number of para-hydroxylation sites is 1. The summed E-state index contributed by atoms with van der Waals surface area (Å²) in [7, 11) is 0. The minimum atomic E-state index is -0.855. The van der Waals surface area contributed by atoms with Crippen molar-refractivity contribution in [2.24, 2.45) is 5.92 Å². The van der Waals surface area contributed by atoms with E-state index in [9.17, 15) is 14.3 Å². The second-order valence-electron chi connectivity index (χ2n) is 8.01. The van der Waals surface area contributed by atoms with Gasteiger partial charge in [-0.25, -0.2) is 9.18 Å². The van der Waals surface area contributed by atoms with Crippen LogP contribution in [0.4, 0.5) is 4.39 Å². The van der Waals surface area contributed by atoms with Crippen LogP contribution in [0, 0.1) is 12.8 Å². The zero-order valence-electron chi connectivity index (χ0n) is 15.5. The fourth-order valence-corrected chi connectivity index (χ4v) is 5.10. The Hall–Kier alpha value is -1.88. The van der Waals surface area contributed by atoms with Gasteiger partial charge in [0.25, 0.3) is 0 Å². The largest absolute Gasteiger partial charge is 0.478 e. The van der Waals surface area contributed by atoms with Crippen molar-refractivity contribution in [1.29, 1.82) is 0 Å². The van der Waals surface area contributed by atoms with Crippen LogP contribution >= 0.6 is 0 Å². The van der Waals surface area contributed by atoms with Gasteiger partial charge in [-0.3, -0.25) is 4.90 Å². The second-order valence-corrected chi connectivity index (χ2v) is 8.01. The van der Waals surface area contributed by atoms with Crippen LogP contribution in [0.15, 0.2) is 24.3 Å². The highest BCUT2D eigenvalue weighted by Crippen LogP contribution is 2.39. The van der Waals surface area contributed by atoms with E-state index in [0.717, 1.165) is 42.3 Å². The van der Waals surface area contributed by atoms with Crippen LogP contribution in [-0.2, 0) is 0 Å². The SMILES string of the molecule is Cc1c(C(=O)O)c2ccccc2n1C(C)C1CCC(N2CC(F)C2)CC1. The Bertz CT molecular complexity index is 817. The van der Waals surface area contributed by atoms with Crippen molar-refractivity contribution in [3.05, 3.63) is 35.5 Å². The Kier molecular flexibility index (Phi) is 4.51. The van der Waals surface area contributed by atoms with E-state index < -0.39 is 12.1 Å². The average Bonchev–Trinajstić information content (AvgIpc) is 2.90. The fourth-order valence-electron chi connectivity index (χ4n) is 5.10. The molecule has 0 bridgehead atoms. The van der Waals surface area contributed by atoms with Crippen LogP contribution < -0.4 is 0 Å². The van der Waals surface area contributed by atoms with E-state index in [4.69, 9.17) is 0 Å². The lowest BCUT2D eigenvalue weighted by Crippen LogP contribution is -2.54. The van der Waals surface area contributed by atoms with Crippen molar-refractivity contribution in [3.63, 3.8) is 0 Å². The molecule has 1 aromatic carbocycles. The quantitative estimate of drug-likeness (QED) is 0.880. The normalized spacial score (nSPS) is 26.0. The molecule has 26 heavy (non-hydrogen) atoms. The molecule has 0 amide bonds. The van der Waals surface area contributed by atoms with Crippen molar-refractivity contribution in [2.75, 3.05) is 13.1 Å². The third-order valence-electron chi connectivity index (χ3n) is 6.58. The molecule has 2 heterocycles. The van der Waals surface area contributed by atoms with E-state index in [1.807, 2.05) is 31.2 Å². The van der Waals surface area contributed by atoms with Crippen molar-refractivity contribution >= 4 is 16.9 Å². The summed E-state index contributed by atoms with van der Waals surface area (Å²) in [6.07, 6.45) is 3.84. The fraction of sp³-hybridized carbons (Fsp3) is 0.571. The monoisotopic (exact) mass is 358 g/mol. The van der Waals surface area contributed by atoms with Gasteiger partial charge in [0.15, 0.2) is 0 Å². The van der Waals surface area contributed by atoms with Crippen LogP contribution in [0.2, 0.25) is 0 Å². The number of carboxylic acids is 1. The Morgan fingerprint density at radius 3 is 2.46 bits per heavy atom. The summed E-state index contributed by atoms with van der Waals surface area (Å²) in [4.78, 5) is 14.1. The molecule has 4 rings (SSSR count). The molecule has 1 saturated carbocycles. The number of halogens is 1. The van der Waals surface area contributed by atoms with Gasteiger partial charge in [-0.05, 0) is 51.5 Å². The summed E-state index contributed by atoms with van der Waals surface area (Å²) in [6.45, 7) is 5.35. The van der Waals surface area contributed by atoms with E-state index in [-0.39, 0.29) is 6.04 Å². The minimum absolute atomic E-state index is 0.263. The van der Waals surface area contributed by atoms with E-state index in [1.54, 1.807) is 0 Å². The topological polar surface area (TPSA) is 45.5 Å². The van der Waals surface area contributed by atoms with Gasteiger partial charge in [0.1, 0.15) is 6.17 Å². The molecule has 0 radical (unpaired) electrons. The number of benzene rings is 1. The lowest BCUT2D eigenvalue weighted by atomic mass is 9.80. The molecule has 2 aliphatic rings. The van der Waals surface area contributed by atoms with Gasteiger partial charge >= 0.3 is 5.97 Å². The van der Waals surface area contributed by atoms with Crippen molar-refractivity contribution in [2.45, 2.75) is 57.8 Å². The molecule has 1 aliphatic heterocycles. The summed E-state index contributed by atoms with van der Waals surface area (Å²) in [5.74, 6) is -0.322. The number of aromatic nitrogens is 1. The first kappa shape index (κ1) is 17.5. The van der Waals surface area contributed by atoms with Gasteiger partial charge in [0.05, 0.1) is 5.56 Å². The number of fused-ring (bicyclic) bond motifs is 1. The standard InChI is InChI=1S/C21H27FN2O2/c1-13(15-7-9-17(10-8-15)23-11-16(22)12-23)24-14(2)20(21(25)26)18-5-3-4-6-19(18)24/h3-6,13,15-17H,7-12H2,1-2H3,(H,25,26). The highest BCUT2D eigenvalue weighted by Gasteiger charge is 2.36. The molecule has 1 aromatic heterocycles. The molecular formula is C21H27FN2O2. The van der Waals surface area contributed by atoms with Crippen LogP contribution in [0.5, 0.6) is 0 Å². The molecule has 2 fully saturated rings. The summed E-state index contributed by atoms with van der Waals surface area (Å²) in [5.41, 5.74) is 2.28. The van der Waals surface area contributed by atoms with Crippen LogP contribution in [0.3, 0.4) is 0 Å². The van der Waals surface area contributed by atoms with Gasteiger partial charge in [0, 0.05) is 41.8 Å². The zero-order valence-corrected chi connectivity index (χ0v) is 15.5. The second kappa shape index (κ2) is 6.69. The summed E-state index contributed by atoms with van der Waals surface area (Å²) >= 11 is 0. The molecule has 140 valence electrons. The maximum Gasteiger partial charge on any atom is 0.338 e. The van der Waals surface area contributed by atoms with Gasteiger partial charge in [-0.2, -0.15) is 0 Å². The predicted octanol–water partition coefficient (Wildman–Crippen LogP) is 4.42. The highest BCUT2D eigenvalue weighted by atomic mass is 19.1. The number of carbonyl (C=O) groups is 1. The predicted molar refractivity (Wildman–Crippen MR) is 101 cm³/mol. The molecule has 1 N–H and O–H groups in total. The zero-order chi connectivity index (χ0) is 18.4. The number of nitrogens with zero attached hydrogens (tertiary/aromatic N) is 2. The summed E-state index contributed by atoms with van der Waals surface area (Å²) < 4.78 is 15.3. The molecule has 2 aromatic rings. The van der Waals surface area contributed by atoms with E-state index in [0.29, 0.717) is 30.6 Å². The molecular weight excluding hydrogens is 331 g/mol. The van der Waals surface area contributed by atoms with Gasteiger partial charge in [-0.1, -0.05) is 18.2 Å². The molecule has 1 aliphatic carbocycles. The Balaban J connectivity index is 1.56. The molecule has 1 saturated heterocycles. The molecule has 0 spiro atoms. The smallest absolute Gasteiger partial charge is 0.338 e.